The van der Waals surface area contributed by atoms with E-state index in [4.69, 9.17) is 16.9 Å². The van der Waals surface area contributed by atoms with Crippen LogP contribution in [0.3, 0.4) is 0 Å². The molecule has 1 fully saturated rings. The molecule has 1 aromatic heterocycles. The van der Waals surface area contributed by atoms with E-state index < -0.39 is 0 Å². The fourth-order valence-electron chi connectivity index (χ4n) is 2.43. The maximum absolute atomic E-state index is 12.5. The summed E-state index contributed by atoms with van der Waals surface area (Å²) in [5.41, 5.74) is 1.41. The second-order valence-corrected chi connectivity index (χ2v) is 5.54. The smallest absolute Gasteiger partial charge is 0.254 e. The number of pyridine rings is 1. The fraction of sp³-hybridized carbons (Fsp3) is 0.533. The molecule has 0 aromatic carbocycles. The summed E-state index contributed by atoms with van der Waals surface area (Å²) in [6.45, 7) is 6.57. The second-order valence-electron chi connectivity index (χ2n) is 5.16. The van der Waals surface area contributed by atoms with E-state index >= 15 is 0 Å². The van der Waals surface area contributed by atoms with Gasteiger partial charge >= 0.3 is 0 Å². The van der Waals surface area contributed by atoms with E-state index in [1.54, 1.807) is 12.1 Å². The summed E-state index contributed by atoms with van der Waals surface area (Å²) in [5.74, 6) is -0.0155. The van der Waals surface area contributed by atoms with Crippen LogP contribution in [0.1, 0.15) is 29.9 Å². The highest BCUT2D eigenvalue weighted by Gasteiger charge is 2.25. The molecule has 1 aliphatic rings. The number of nitrogens with zero attached hydrogens (tertiary/aromatic N) is 4. The summed E-state index contributed by atoms with van der Waals surface area (Å²) < 4.78 is 0. The monoisotopic (exact) mass is 306 g/mol. The number of carbonyl (C=O) groups is 1. The van der Waals surface area contributed by atoms with Crippen molar-refractivity contribution in [2.45, 2.75) is 26.3 Å². The third kappa shape index (κ3) is 3.72. The second kappa shape index (κ2) is 6.88. The molecule has 0 radical (unpaired) electrons. The van der Waals surface area contributed by atoms with Gasteiger partial charge in [-0.15, -0.1) is 0 Å². The number of amides is 1. The topological polar surface area (TPSA) is 60.2 Å². The molecule has 21 heavy (non-hydrogen) atoms. The standard InChI is InChI=1S/C15H19ClN4O/c1-3-13-8-12(9-14(16)18-13)15(21)20-6-4-19(5-7-20)11(2)10-17/h8-9,11H,3-7H2,1-2H3. The first-order valence-electron chi connectivity index (χ1n) is 7.14. The molecule has 2 rings (SSSR count). The van der Waals surface area contributed by atoms with Crippen molar-refractivity contribution in [2.24, 2.45) is 0 Å². The predicted molar refractivity (Wildman–Crippen MR) is 81.2 cm³/mol. The van der Waals surface area contributed by atoms with Crippen molar-refractivity contribution >= 4 is 17.5 Å². The van der Waals surface area contributed by atoms with Gasteiger partial charge in [-0.2, -0.15) is 5.26 Å². The van der Waals surface area contributed by atoms with Crippen molar-refractivity contribution in [1.82, 2.24) is 14.8 Å². The average molecular weight is 307 g/mol. The lowest BCUT2D eigenvalue weighted by atomic mass is 10.1. The van der Waals surface area contributed by atoms with Crippen LogP contribution in [-0.2, 0) is 6.42 Å². The fourth-order valence-corrected chi connectivity index (χ4v) is 2.66. The molecule has 112 valence electrons. The van der Waals surface area contributed by atoms with Gasteiger partial charge in [0.1, 0.15) is 5.15 Å². The van der Waals surface area contributed by atoms with Crippen molar-refractivity contribution in [3.63, 3.8) is 0 Å². The van der Waals surface area contributed by atoms with Gasteiger partial charge in [-0.3, -0.25) is 9.69 Å². The van der Waals surface area contributed by atoms with Gasteiger partial charge in [0.15, 0.2) is 0 Å². The molecular formula is C15H19ClN4O. The Morgan fingerprint density at radius 2 is 2.10 bits per heavy atom. The Balaban J connectivity index is 2.05. The molecule has 0 bridgehead atoms. The van der Waals surface area contributed by atoms with Crippen molar-refractivity contribution in [3.05, 3.63) is 28.5 Å². The Kier molecular flexibility index (Phi) is 5.16. The Hall–Kier alpha value is -1.64. The number of hydrogen-bond donors (Lipinski definition) is 0. The maximum Gasteiger partial charge on any atom is 0.254 e. The van der Waals surface area contributed by atoms with Gasteiger partial charge in [-0.05, 0) is 25.5 Å². The number of aryl methyl sites for hydroxylation is 1. The van der Waals surface area contributed by atoms with E-state index in [2.05, 4.69) is 16.0 Å². The normalized spacial score (nSPS) is 17.3. The van der Waals surface area contributed by atoms with E-state index in [0.29, 0.717) is 23.8 Å². The van der Waals surface area contributed by atoms with Gasteiger partial charge in [0.05, 0.1) is 12.1 Å². The highest BCUT2D eigenvalue weighted by molar-refractivity contribution is 6.29. The lowest BCUT2D eigenvalue weighted by Gasteiger charge is -2.35. The summed E-state index contributed by atoms with van der Waals surface area (Å²) in [4.78, 5) is 20.6. The number of halogens is 1. The first-order valence-corrected chi connectivity index (χ1v) is 7.52. The first kappa shape index (κ1) is 15.7. The summed E-state index contributed by atoms with van der Waals surface area (Å²) >= 11 is 5.97. The molecule has 0 saturated carbocycles. The van der Waals surface area contributed by atoms with Crippen LogP contribution in [0.5, 0.6) is 0 Å². The molecule has 5 nitrogen and oxygen atoms in total. The molecule has 1 saturated heterocycles. The van der Waals surface area contributed by atoms with Gasteiger partial charge in [0.25, 0.3) is 5.91 Å². The molecule has 0 spiro atoms. The quantitative estimate of drug-likeness (QED) is 0.801. The summed E-state index contributed by atoms with van der Waals surface area (Å²) in [5, 5.41) is 9.29. The Labute approximate surface area is 130 Å². The van der Waals surface area contributed by atoms with E-state index in [9.17, 15) is 4.79 Å². The maximum atomic E-state index is 12.5. The van der Waals surface area contributed by atoms with Crippen molar-refractivity contribution in [2.75, 3.05) is 26.2 Å². The number of carbonyl (C=O) groups excluding carboxylic acids is 1. The minimum Gasteiger partial charge on any atom is -0.336 e. The molecule has 0 N–H and O–H groups in total. The zero-order chi connectivity index (χ0) is 15.4. The minimum atomic E-state index is -0.107. The highest BCUT2D eigenvalue weighted by atomic mass is 35.5. The van der Waals surface area contributed by atoms with Gasteiger partial charge in [0.2, 0.25) is 0 Å². The van der Waals surface area contributed by atoms with Crippen LogP contribution in [0.4, 0.5) is 0 Å². The minimum absolute atomic E-state index is 0.0155. The number of nitriles is 1. The molecule has 1 atom stereocenters. The number of rotatable bonds is 3. The number of hydrogen-bond acceptors (Lipinski definition) is 4. The third-order valence-electron chi connectivity index (χ3n) is 3.79. The zero-order valence-electron chi connectivity index (χ0n) is 12.3. The van der Waals surface area contributed by atoms with E-state index in [1.807, 2.05) is 18.7 Å². The molecule has 1 aliphatic heterocycles. The molecule has 1 aromatic rings. The molecular weight excluding hydrogens is 288 g/mol. The molecule has 6 heteroatoms. The van der Waals surface area contributed by atoms with Gasteiger partial charge in [-0.25, -0.2) is 4.98 Å². The number of piperazine rings is 1. The molecule has 1 unspecified atom stereocenters. The van der Waals surface area contributed by atoms with Crippen LogP contribution < -0.4 is 0 Å². The lowest BCUT2D eigenvalue weighted by Crippen LogP contribution is -2.51. The predicted octanol–water partition coefficient (Wildman–Crippen LogP) is 1.97. The van der Waals surface area contributed by atoms with E-state index in [1.165, 1.54) is 0 Å². The van der Waals surface area contributed by atoms with Crippen LogP contribution >= 0.6 is 11.6 Å². The van der Waals surface area contributed by atoms with Crippen molar-refractivity contribution < 1.29 is 4.79 Å². The van der Waals surface area contributed by atoms with Crippen LogP contribution in [0.15, 0.2) is 12.1 Å². The van der Waals surface area contributed by atoms with Gasteiger partial charge in [0, 0.05) is 37.4 Å². The summed E-state index contributed by atoms with van der Waals surface area (Å²) in [6, 6.07) is 5.55. The van der Waals surface area contributed by atoms with Crippen molar-refractivity contribution in [3.8, 4) is 6.07 Å². The third-order valence-corrected chi connectivity index (χ3v) is 3.99. The molecule has 1 amide bonds. The Morgan fingerprint density at radius 3 is 2.67 bits per heavy atom. The molecule has 2 heterocycles. The van der Waals surface area contributed by atoms with E-state index in [0.717, 1.165) is 25.2 Å². The van der Waals surface area contributed by atoms with E-state index in [-0.39, 0.29) is 11.9 Å². The Morgan fingerprint density at radius 1 is 1.43 bits per heavy atom. The SMILES string of the molecule is CCc1cc(C(=O)N2CCN(C(C)C#N)CC2)cc(Cl)n1. The lowest BCUT2D eigenvalue weighted by molar-refractivity contribution is 0.0615. The molecule has 0 aliphatic carbocycles. The largest absolute Gasteiger partial charge is 0.336 e. The summed E-state index contributed by atoms with van der Waals surface area (Å²) in [7, 11) is 0. The Bertz CT molecular complexity index is 561. The van der Waals surface area contributed by atoms with Crippen LogP contribution in [-0.4, -0.2) is 52.9 Å². The van der Waals surface area contributed by atoms with Gasteiger partial charge in [-0.1, -0.05) is 18.5 Å². The number of aromatic nitrogens is 1. The zero-order valence-corrected chi connectivity index (χ0v) is 13.1. The summed E-state index contributed by atoms with van der Waals surface area (Å²) in [6.07, 6.45) is 0.744. The highest BCUT2D eigenvalue weighted by Crippen LogP contribution is 2.15. The van der Waals surface area contributed by atoms with Crippen LogP contribution in [0.2, 0.25) is 5.15 Å². The van der Waals surface area contributed by atoms with Gasteiger partial charge < -0.3 is 4.90 Å². The van der Waals surface area contributed by atoms with Crippen LogP contribution in [0, 0.1) is 11.3 Å². The van der Waals surface area contributed by atoms with Crippen LogP contribution in [0.25, 0.3) is 0 Å². The first-order chi connectivity index (χ1) is 10.0. The van der Waals surface area contributed by atoms with Crippen molar-refractivity contribution in [1.29, 1.82) is 5.26 Å². The average Bonchev–Trinajstić information content (AvgIpc) is 2.52.